The summed E-state index contributed by atoms with van der Waals surface area (Å²) in [6, 6.07) is 5.80. The molecular weight excluding hydrogens is 210 g/mol. The number of nitrogens with zero attached hydrogens (tertiary/aromatic N) is 1. The molecule has 3 heteroatoms. The van der Waals surface area contributed by atoms with Crippen LogP contribution in [-0.4, -0.2) is 11.9 Å². The second-order valence-corrected chi connectivity index (χ2v) is 4.17. The zero-order valence-electron chi connectivity index (χ0n) is 8.53. The fourth-order valence-corrected chi connectivity index (χ4v) is 2.23. The molecule has 0 spiro atoms. The summed E-state index contributed by atoms with van der Waals surface area (Å²) < 4.78 is 0. The van der Waals surface area contributed by atoms with Gasteiger partial charge < -0.3 is 4.90 Å². The number of carbonyl (C=O) groups excluding carboxylic acids is 1. The molecule has 1 aliphatic heterocycles. The van der Waals surface area contributed by atoms with E-state index in [1.54, 1.807) is 4.90 Å². The molecule has 1 atom stereocenters. The molecule has 0 aliphatic carbocycles. The molecule has 78 valence electrons. The van der Waals surface area contributed by atoms with Gasteiger partial charge in [-0.2, -0.15) is 0 Å². The van der Waals surface area contributed by atoms with E-state index in [2.05, 4.69) is 6.58 Å². The Labute approximate surface area is 94.2 Å². The molecule has 1 heterocycles. The van der Waals surface area contributed by atoms with Crippen LogP contribution in [0.4, 0.5) is 5.69 Å². The molecule has 0 radical (unpaired) electrons. The number of anilines is 1. The first kappa shape index (κ1) is 10.2. The molecule has 1 aromatic carbocycles. The largest absolute Gasteiger partial charge is 0.306 e. The van der Waals surface area contributed by atoms with Crippen molar-refractivity contribution < 1.29 is 4.79 Å². The molecule has 15 heavy (non-hydrogen) atoms. The maximum absolute atomic E-state index is 11.6. The third-order valence-electron chi connectivity index (χ3n) is 2.67. The minimum absolute atomic E-state index is 0.0522. The molecule has 0 bridgehead atoms. The van der Waals surface area contributed by atoms with Gasteiger partial charge in [0, 0.05) is 16.8 Å². The van der Waals surface area contributed by atoms with E-state index in [0.29, 0.717) is 5.02 Å². The van der Waals surface area contributed by atoms with Crippen molar-refractivity contribution in [3.05, 3.63) is 41.4 Å². The van der Waals surface area contributed by atoms with Gasteiger partial charge in [-0.15, -0.1) is 0 Å². The summed E-state index contributed by atoms with van der Waals surface area (Å²) in [5.74, 6) is -0.0522. The first-order chi connectivity index (χ1) is 7.13. The topological polar surface area (TPSA) is 20.3 Å². The van der Waals surface area contributed by atoms with Crippen LogP contribution in [0.15, 0.2) is 30.9 Å². The molecule has 2 rings (SSSR count). The minimum Gasteiger partial charge on any atom is -0.306 e. The molecule has 1 aliphatic rings. The van der Waals surface area contributed by atoms with Gasteiger partial charge in [0.1, 0.15) is 0 Å². The number of benzene rings is 1. The number of fused-ring (bicyclic) bond motifs is 1. The lowest BCUT2D eigenvalue weighted by Crippen LogP contribution is -2.34. The molecule has 0 saturated heterocycles. The Morgan fingerprint density at radius 3 is 3.07 bits per heavy atom. The van der Waals surface area contributed by atoms with Gasteiger partial charge in [-0.05, 0) is 43.2 Å². The third-order valence-corrected chi connectivity index (χ3v) is 2.90. The second-order valence-electron chi connectivity index (χ2n) is 3.74. The van der Waals surface area contributed by atoms with Gasteiger partial charge in [-0.25, -0.2) is 0 Å². The molecule has 0 aromatic heterocycles. The fraction of sp³-hybridized carbons (Fsp3) is 0.250. The van der Waals surface area contributed by atoms with E-state index in [1.165, 1.54) is 6.08 Å². The normalized spacial score (nSPS) is 18.8. The second kappa shape index (κ2) is 3.70. The molecule has 1 amide bonds. The monoisotopic (exact) mass is 221 g/mol. The zero-order chi connectivity index (χ0) is 11.0. The van der Waals surface area contributed by atoms with E-state index < -0.39 is 0 Å². The third kappa shape index (κ3) is 1.65. The molecule has 0 saturated carbocycles. The van der Waals surface area contributed by atoms with Crippen molar-refractivity contribution in [3.63, 3.8) is 0 Å². The first-order valence-electron chi connectivity index (χ1n) is 4.87. The zero-order valence-corrected chi connectivity index (χ0v) is 9.29. The molecule has 2 nitrogen and oxygen atoms in total. The van der Waals surface area contributed by atoms with Gasteiger partial charge in [-0.3, -0.25) is 4.79 Å². The lowest BCUT2D eigenvalue weighted by molar-refractivity contribution is -0.114. The summed E-state index contributed by atoms with van der Waals surface area (Å²) in [5, 5.41) is 0.717. The number of hydrogen-bond donors (Lipinski definition) is 0. The average Bonchev–Trinajstić information content (AvgIpc) is 2.52. The minimum atomic E-state index is -0.0522. The molecule has 1 unspecified atom stereocenters. The Hall–Kier alpha value is -1.28. The van der Waals surface area contributed by atoms with Gasteiger partial charge in [0.25, 0.3) is 5.91 Å². The molecular formula is C12H12ClNO. The van der Waals surface area contributed by atoms with Crippen LogP contribution in [0.3, 0.4) is 0 Å². The predicted molar refractivity (Wildman–Crippen MR) is 62.3 cm³/mol. The van der Waals surface area contributed by atoms with Gasteiger partial charge in [0.2, 0.25) is 0 Å². The lowest BCUT2D eigenvalue weighted by Gasteiger charge is -2.20. The van der Waals surface area contributed by atoms with Gasteiger partial charge in [-0.1, -0.05) is 18.2 Å². The Morgan fingerprint density at radius 2 is 2.40 bits per heavy atom. The summed E-state index contributed by atoms with van der Waals surface area (Å²) in [6.45, 7) is 5.54. The molecule has 1 aromatic rings. The average molecular weight is 222 g/mol. The van der Waals surface area contributed by atoms with Gasteiger partial charge >= 0.3 is 0 Å². The van der Waals surface area contributed by atoms with E-state index in [0.717, 1.165) is 17.7 Å². The van der Waals surface area contributed by atoms with Crippen LogP contribution in [0, 0.1) is 0 Å². The van der Waals surface area contributed by atoms with E-state index >= 15 is 0 Å². The van der Waals surface area contributed by atoms with Crippen LogP contribution < -0.4 is 4.90 Å². The van der Waals surface area contributed by atoms with Crippen LogP contribution in [0.25, 0.3) is 0 Å². The predicted octanol–water partition coefficient (Wildman–Crippen LogP) is 2.80. The van der Waals surface area contributed by atoms with E-state index in [1.807, 2.05) is 25.1 Å². The molecule has 0 fully saturated rings. The highest BCUT2D eigenvalue weighted by Crippen LogP contribution is 2.33. The van der Waals surface area contributed by atoms with E-state index in [4.69, 9.17) is 11.6 Å². The first-order valence-corrected chi connectivity index (χ1v) is 5.25. The van der Waals surface area contributed by atoms with Crippen LogP contribution >= 0.6 is 11.6 Å². The maximum Gasteiger partial charge on any atom is 0.250 e. The number of rotatable bonds is 1. The maximum atomic E-state index is 11.6. The van der Waals surface area contributed by atoms with Crippen molar-refractivity contribution in [1.82, 2.24) is 0 Å². The van der Waals surface area contributed by atoms with E-state index in [9.17, 15) is 4.79 Å². The standard InChI is InChI=1S/C12H12ClNO/c1-3-12(15)14-8(2)6-9-7-10(13)4-5-11(9)14/h3-5,7-8H,1,6H2,2H3. The lowest BCUT2D eigenvalue weighted by atomic mass is 10.1. The van der Waals surface area contributed by atoms with Crippen LogP contribution in [0.1, 0.15) is 12.5 Å². The van der Waals surface area contributed by atoms with Crippen LogP contribution in [-0.2, 0) is 11.2 Å². The van der Waals surface area contributed by atoms with E-state index in [-0.39, 0.29) is 11.9 Å². The Balaban J connectivity index is 2.46. The molecule has 0 N–H and O–H groups in total. The van der Waals surface area contributed by atoms with Crippen molar-refractivity contribution in [2.45, 2.75) is 19.4 Å². The van der Waals surface area contributed by atoms with Crippen molar-refractivity contribution in [3.8, 4) is 0 Å². The van der Waals surface area contributed by atoms with Crippen LogP contribution in [0.2, 0.25) is 5.02 Å². The quantitative estimate of drug-likeness (QED) is 0.668. The van der Waals surface area contributed by atoms with Crippen LogP contribution in [0.5, 0.6) is 0 Å². The summed E-state index contributed by atoms with van der Waals surface area (Å²) in [6.07, 6.45) is 2.20. The highest BCUT2D eigenvalue weighted by atomic mass is 35.5. The number of halogens is 1. The van der Waals surface area contributed by atoms with Crippen molar-refractivity contribution in [2.75, 3.05) is 4.90 Å². The highest BCUT2D eigenvalue weighted by molar-refractivity contribution is 6.30. The van der Waals surface area contributed by atoms with Crippen molar-refractivity contribution in [2.24, 2.45) is 0 Å². The van der Waals surface area contributed by atoms with Crippen molar-refractivity contribution in [1.29, 1.82) is 0 Å². The Kier molecular flexibility index (Phi) is 2.53. The smallest absolute Gasteiger partial charge is 0.250 e. The van der Waals surface area contributed by atoms with Gasteiger partial charge in [0.15, 0.2) is 0 Å². The number of hydrogen-bond acceptors (Lipinski definition) is 1. The fourth-order valence-electron chi connectivity index (χ4n) is 2.03. The van der Waals surface area contributed by atoms with Crippen molar-refractivity contribution >= 4 is 23.2 Å². The van der Waals surface area contributed by atoms with Gasteiger partial charge in [0.05, 0.1) is 0 Å². The summed E-state index contributed by atoms with van der Waals surface area (Å²) in [4.78, 5) is 13.4. The SMILES string of the molecule is C=CC(=O)N1c2ccc(Cl)cc2CC1C. The Bertz CT molecular complexity index is 428. The number of amides is 1. The summed E-state index contributed by atoms with van der Waals surface area (Å²) >= 11 is 5.91. The number of carbonyl (C=O) groups is 1. The summed E-state index contributed by atoms with van der Waals surface area (Å²) in [7, 11) is 0. The summed E-state index contributed by atoms with van der Waals surface area (Å²) in [5.41, 5.74) is 2.09. The Morgan fingerprint density at radius 1 is 1.67 bits per heavy atom. The highest BCUT2D eigenvalue weighted by Gasteiger charge is 2.29.